The molecule has 0 N–H and O–H groups in total. The van der Waals surface area contributed by atoms with Crippen LogP contribution in [0, 0.1) is 5.92 Å². The number of aromatic nitrogens is 1. The van der Waals surface area contributed by atoms with Crippen molar-refractivity contribution in [2.45, 2.75) is 37.7 Å². The van der Waals surface area contributed by atoms with Crippen LogP contribution in [-0.4, -0.2) is 60.4 Å². The minimum Gasteiger partial charge on any atom is -0.379 e. The summed E-state index contributed by atoms with van der Waals surface area (Å²) in [5, 5.41) is 0. The number of rotatable bonds is 4. The van der Waals surface area contributed by atoms with Gasteiger partial charge in [0.1, 0.15) is 6.10 Å². The molecule has 3 aliphatic rings. The lowest BCUT2D eigenvalue weighted by Gasteiger charge is -2.25. The number of carbonyl (C=O) groups excluding carboxylic acids is 1. The van der Waals surface area contributed by atoms with Crippen molar-refractivity contribution in [3.05, 3.63) is 30.1 Å². The van der Waals surface area contributed by atoms with Crippen molar-refractivity contribution in [1.29, 1.82) is 0 Å². The monoisotopic (exact) mass is 318 g/mol. The third-order valence-corrected chi connectivity index (χ3v) is 5.02. The first-order valence-electron chi connectivity index (χ1n) is 8.33. The molecule has 4 rings (SSSR count). The molecule has 0 aromatic carbocycles. The van der Waals surface area contributed by atoms with Crippen LogP contribution in [0.5, 0.6) is 0 Å². The molecule has 3 saturated heterocycles. The number of likely N-dealkylation sites (tertiary alicyclic amines) is 1. The van der Waals surface area contributed by atoms with Gasteiger partial charge in [-0.15, -0.1) is 0 Å². The summed E-state index contributed by atoms with van der Waals surface area (Å²) in [4.78, 5) is 18.7. The minimum atomic E-state index is -0.270. The topological polar surface area (TPSA) is 60.9 Å². The van der Waals surface area contributed by atoms with E-state index in [1.807, 2.05) is 23.2 Å². The molecule has 1 aromatic rings. The van der Waals surface area contributed by atoms with Gasteiger partial charge in [-0.25, -0.2) is 0 Å². The van der Waals surface area contributed by atoms with E-state index in [0.29, 0.717) is 33.0 Å². The van der Waals surface area contributed by atoms with E-state index in [2.05, 4.69) is 4.98 Å². The second kappa shape index (κ2) is 6.55. The highest BCUT2D eigenvalue weighted by atomic mass is 16.5. The van der Waals surface area contributed by atoms with Gasteiger partial charge in [-0.3, -0.25) is 9.78 Å². The van der Waals surface area contributed by atoms with Crippen molar-refractivity contribution in [3.8, 4) is 0 Å². The maximum Gasteiger partial charge on any atom is 0.252 e. The van der Waals surface area contributed by atoms with Gasteiger partial charge in [0.15, 0.2) is 0 Å². The number of ether oxygens (including phenoxy) is 3. The molecule has 6 nitrogen and oxygen atoms in total. The van der Waals surface area contributed by atoms with Crippen molar-refractivity contribution >= 4 is 5.91 Å². The summed E-state index contributed by atoms with van der Waals surface area (Å²) < 4.78 is 17.3. The largest absolute Gasteiger partial charge is 0.379 e. The van der Waals surface area contributed by atoms with Gasteiger partial charge in [0.25, 0.3) is 5.91 Å². The Balaban J connectivity index is 1.41. The Morgan fingerprint density at radius 3 is 3.17 bits per heavy atom. The van der Waals surface area contributed by atoms with E-state index in [1.165, 1.54) is 0 Å². The lowest BCUT2D eigenvalue weighted by Crippen LogP contribution is -2.43. The molecular weight excluding hydrogens is 296 g/mol. The van der Waals surface area contributed by atoms with Crippen molar-refractivity contribution < 1.29 is 19.0 Å². The molecule has 6 heteroatoms. The summed E-state index contributed by atoms with van der Waals surface area (Å²) >= 11 is 0. The maximum atomic E-state index is 12.7. The van der Waals surface area contributed by atoms with Gasteiger partial charge < -0.3 is 19.1 Å². The van der Waals surface area contributed by atoms with Crippen molar-refractivity contribution in [2.24, 2.45) is 5.92 Å². The van der Waals surface area contributed by atoms with Crippen LogP contribution >= 0.6 is 0 Å². The van der Waals surface area contributed by atoms with Gasteiger partial charge >= 0.3 is 0 Å². The molecule has 0 saturated carbocycles. The summed E-state index contributed by atoms with van der Waals surface area (Å²) in [6, 6.07) is 4.03. The van der Waals surface area contributed by atoms with E-state index < -0.39 is 0 Å². The van der Waals surface area contributed by atoms with Gasteiger partial charge in [0.2, 0.25) is 0 Å². The highest BCUT2D eigenvalue weighted by molar-refractivity contribution is 5.82. The average molecular weight is 318 g/mol. The minimum absolute atomic E-state index is 0.0214. The summed E-state index contributed by atoms with van der Waals surface area (Å²) in [5.41, 5.74) is 1.05. The smallest absolute Gasteiger partial charge is 0.252 e. The Morgan fingerprint density at radius 1 is 1.43 bits per heavy atom. The first-order valence-corrected chi connectivity index (χ1v) is 8.33. The normalized spacial score (nSPS) is 33.1. The Kier molecular flexibility index (Phi) is 4.29. The fourth-order valence-electron chi connectivity index (χ4n) is 3.77. The predicted octanol–water partition coefficient (Wildman–Crippen LogP) is 1.00. The summed E-state index contributed by atoms with van der Waals surface area (Å²) in [7, 11) is 0. The van der Waals surface area contributed by atoms with Gasteiger partial charge in [-0.2, -0.15) is 0 Å². The molecule has 4 atom stereocenters. The van der Waals surface area contributed by atoms with Gasteiger partial charge in [0, 0.05) is 31.5 Å². The molecule has 4 heterocycles. The summed E-state index contributed by atoms with van der Waals surface area (Å²) in [6.45, 7) is 3.12. The molecule has 1 amide bonds. The second-order valence-electron chi connectivity index (χ2n) is 6.47. The van der Waals surface area contributed by atoms with E-state index in [1.54, 1.807) is 6.20 Å². The highest BCUT2D eigenvalue weighted by Gasteiger charge is 2.49. The molecule has 0 bridgehead atoms. The Morgan fingerprint density at radius 2 is 2.39 bits per heavy atom. The SMILES string of the molecule is O=C([C@H]1CCCO1)N1C[C@H](OCc2cccnc2)[C@H]2COC[C@H]21. The van der Waals surface area contributed by atoms with Gasteiger partial charge in [0.05, 0.1) is 32.0 Å². The predicted molar refractivity (Wildman–Crippen MR) is 81.6 cm³/mol. The third kappa shape index (κ3) is 2.98. The van der Waals surface area contributed by atoms with Gasteiger partial charge in [-0.1, -0.05) is 6.07 Å². The van der Waals surface area contributed by atoms with Crippen LogP contribution in [-0.2, 0) is 25.6 Å². The van der Waals surface area contributed by atoms with Crippen molar-refractivity contribution in [3.63, 3.8) is 0 Å². The van der Waals surface area contributed by atoms with Crippen molar-refractivity contribution in [2.75, 3.05) is 26.4 Å². The van der Waals surface area contributed by atoms with Crippen LogP contribution in [0.3, 0.4) is 0 Å². The second-order valence-corrected chi connectivity index (χ2v) is 6.47. The highest BCUT2D eigenvalue weighted by Crippen LogP contribution is 2.34. The maximum absolute atomic E-state index is 12.7. The van der Waals surface area contributed by atoms with Crippen molar-refractivity contribution in [1.82, 2.24) is 9.88 Å². The molecule has 124 valence electrons. The quantitative estimate of drug-likeness (QED) is 0.829. The van der Waals surface area contributed by atoms with Crippen LogP contribution < -0.4 is 0 Å². The number of hydrogen-bond donors (Lipinski definition) is 0. The lowest BCUT2D eigenvalue weighted by atomic mass is 10.0. The molecule has 3 fully saturated rings. The molecule has 3 aliphatic heterocycles. The Bertz CT molecular complexity index is 547. The molecule has 23 heavy (non-hydrogen) atoms. The summed E-state index contributed by atoms with van der Waals surface area (Å²) in [5.74, 6) is 0.368. The number of hydrogen-bond acceptors (Lipinski definition) is 5. The van der Waals surface area contributed by atoms with E-state index in [4.69, 9.17) is 14.2 Å². The first-order chi connectivity index (χ1) is 11.3. The Labute approximate surface area is 135 Å². The number of pyridine rings is 1. The van der Waals surface area contributed by atoms with Crippen LogP contribution in [0.1, 0.15) is 18.4 Å². The van der Waals surface area contributed by atoms with Crippen LogP contribution in [0.4, 0.5) is 0 Å². The fourth-order valence-corrected chi connectivity index (χ4v) is 3.77. The number of fused-ring (bicyclic) bond motifs is 1. The summed E-state index contributed by atoms with van der Waals surface area (Å²) in [6.07, 6.45) is 5.11. The molecule has 0 spiro atoms. The van der Waals surface area contributed by atoms with E-state index in [9.17, 15) is 4.79 Å². The number of amides is 1. The molecular formula is C17H22N2O4. The number of nitrogens with zero attached hydrogens (tertiary/aromatic N) is 2. The Hall–Kier alpha value is -1.50. The molecule has 1 aromatic heterocycles. The zero-order chi connectivity index (χ0) is 15.6. The molecule has 0 radical (unpaired) electrons. The van der Waals surface area contributed by atoms with E-state index >= 15 is 0 Å². The zero-order valence-electron chi connectivity index (χ0n) is 13.1. The average Bonchev–Trinajstić information content (AvgIpc) is 3.31. The van der Waals surface area contributed by atoms with Crippen LogP contribution in [0.15, 0.2) is 24.5 Å². The van der Waals surface area contributed by atoms with E-state index in [0.717, 1.165) is 18.4 Å². The molecule has 0 aliphatic carbocycles. The van der Waals surface area contributed by atoms with Crippen LogP contribution in [0.2, 0.25) is 0 Å². The first kappa shape index (κ1) is 15.1. The third-order valence-electron chi connectivity index (χ3n) is 5.02. The molecule has 0 unspecified atom stereocenters. The van der Waals surface area contributed by atoms with Crippen LogP contribution in [0.25, 0.3) is 0 Å². The lowest BCUT2D eigenvalue weighted by molar-refractivity contribution is -0.142. The van der Waals surface area contributed by atoms with Gasteiger partial charge in [-0.05, 0) is 24.5 Å². The standard InChI is InChI=1S/C17H22N2O4/c20-17(15-4-2-6-22-15)19-8-16(13-10-21-11-14(13)19)23-9-12-3-1-5-18-7-12/h1,3,5,7,13-16H,2,4,6,8-11H2/t13-,14+,15+,16-/m0/s1. The number of carbonyl (C=O) groups is 1. The fraction of sp³-hybridized carbons (Fsp3) is 0.647. The van der Waals surface area contributed by atoms with E-state index in [-0.39, 0.29) is 30.1 Å². The zero-order valence-corrected chi connectivity index (χ0v) is 13.1.